The first-order valence-electron chi connectivity index (χ1n) is 4.50. The number of aliphatic carboxylic acids is 2. The molecule has 0 spiro atoms. The molecule has 1 aliphatic carbocycles. The van der Waals surface area contributed by atoms with Crippen LogP contribution in [0.3, 0.4) is 0 Å². The summed E-state index contributed by atoms with van der Waals surface area (Å²) >= 11 is 0. The molecule has 0 amide bonds. The van der Waals surface area contributed by atoms with Gasteiger partial charge in [0.05, 0.1) is 39.5 Å². The van der Waals surface area contributed by atoms with Gasteiger partial charge in [-0.2, -0.15) is 0 Å². The highest BCUT2D eigenvalue weighted by Gasteiger charge is 2.61. The summed E-state index contributed by atoms with van der Waals surface area (Å²) in [6.45, 7) is 0.591. The lowest BCUT2D eigenvalue weighted by molar-refractivity contribution is -0.872. The van der Waals surface area contributed by atoms with Crippen LogP contribution < -0.4 is 0 Å². The van der Waals surface area contributed by atoms with E-state index < -0.39 is 23.8 Å². The number of rotatable bonds is 4. The summed E-state index contributed by atoms with van der Waals surface area (Å²) in [4.78, 5) is 21.4. The van der Waals surface area contributed by atoms with Gasteiger partial charge in [0.15, 0.2) is 0 Å². The predicted molar refractivity (Wildman–Crippen MR) is 48.6 cm³/mol. The lowest BCUT2D eigenvalue weighted by Gasteiger charge is -2.23. The minimum absolute atomic E-state index is 0.218. The number of carbonyl (C=O) groups is 2. The van der Waals surface area contributed by atoms with Crippen LogP contribution in [0.25, 0.3) is 0 Å². The van der Waals surface area contributed by atoms with Crippen molar-refractivity contribution in [2.45, 2.75) is 0 Å². The minimum Gasteiger partial charge on any atom is -0.481 e. The molecule has 5 heteroatoms. The van der Waals surface area contributed by atoms with E-state index in [1.165, 1.54) is 0 Å². The van der Waals surface area contributed by atoms with E-state index in [9.17, 15) is 9.59 Å². The highest BCUT2D eigenvalue weighted by molar-refractivity contribution is 5.86. The van der Waals surface area contributed by atoms with E-state index in [1.54, 1.807) is 0 Å². The zero-order valence-corrected chi connectivity index (χ0v) is 8.60. The van der Waals surface area contributed by atoms with E-state index in [4.69, 9.17) is 10.2 Å². The zero-order chi connectivity index (χ0) is 11.1. The lowest BCUT2D eigenvalue weighted by atomic mass is 10.3. The van der Waals surface area contributed by atoms with E-state index in [0.717, 1.165) is 0 Å². The van der Waals surface area contributed by atoms with Gasteiger partial charge in [-0.3, -0.25) is 9.59 Å². The van der Waals surface area contributed by atoms with Gasteiger partial charge in [-0.05, 0) is 0 Å². The maximum absolute atomic E-state index is 10.7. The van der Waals surface area contributed by atoms with Crippen LogP contribution in [0, 0.1) is 17.8 Å². The van der Waals surface area contributed by atoms with Crippen LogP contribution in [0.5, 0.6) is 0 Å². The van der Waals surface area contributed by atoms with Crippen LogP contribution in [0.4, 0.5) is 0 Å². The van der Waals surface area contributed by atoms with E-state index in [0.29, 0.717) is 11.0 Å². The van der Waals surface area contributed by atoms with Crippen LogP contribution >= 0.6 is 0 Å². The van der Waals surface area contributed by atoms with E-state index >= 15 is 0 Å². The van der Waals surface area contributed by atoms with E-state index in [2.05, 4.69) is 0 Å². The highest BCUT2D eigenvalue weighted by Crippen LogP contribution is 2.47. The average Bonchev–Trinajstić information content (AvgIpc) is 2.57. The summed E-state index contributed by atoms with van der Waals surface area (Å²) in [5.41, 5.74) is 0. The van der Waals surface area contributed by atoms with Crippen LogP contribution in [0.2, 0.25) is 0 Å². The molecule has 0 aliphatic heterocycles. The van der Waals surface area contributed by atoms with Gasteiger partial charge in [0.1, 0.15) is 0 Å². The largest absolute Gasteiger partial charge is 0.481 e. The number of carboxylic acid groups (broad SMARTS) is 2. The van der Waals surface area contributed by atoms with E-state index in [1.807, 2.05) is 21.1 Å². The quantitative estimate of drug-likeness (QED) is 0.615. The number of hydrogen-bond acceptors (Lipinski definition) is 2. The predicted octanol–water partition coefficient (Wildman–Crippen LogP) is -0.276. The Morgan fingerprint density at radius 1 is 1.07 bits per heavy atom. The van der Waals surface area contributed by atoms with Crippen LogP contribution in [0.15, 0.2) is 0 Å². The Balaban J connectivity index is 2.64. The Hall–Kier alpha value is -1.10. The van der Waals surface area contributed by atoms with Crippen molar-refractivity contribution >= 4 is 11.9 Å². The molecule has 0 heterocycles. The Morgan fingerprint density at radius 2 is 1.43 bits per heavy atom. The van der Waals surface area contributed by atoms with E-state index in [-0.39, 0.29) is 5.92 Å². The van der Waals surface area contributed by atoms with Gasteiger partial charge in [-0.1, -0.05) is 0 Å². The molecule has 1 saturated carbocycles. The fourth-order valence-electron chi connectivity index (χ4n) is 1.91. The minimum atomic E-state index is -0.990. The topological polar surface area (TPSA) is 74.6 Å². The molecule has 2 atom stereocenters. The fourth-order valence-corrected chi connectivity index (χ4v) is 1.91. The maximum atomic E-state index is 10.7. The lowest BCUT2D eigenvalue weighted by Crippen LogP contribution is -2.37. The zero-order valence-electron chi connectivity index (χ0n) is 8.60. The van der Waals surface area contributed by atoms with Crippen molar-refractivity contribution < 1.29 is 24.3 Å². The summed E-state index contributed by atoms with van der Waals surface area (Å²) in [6.07, 6.45) is 0. The molecule has 1 rings (SSSR count). The first-order valence-corrected chi connectivity index (χ1v) is 4.50. The number of hydrogen-bond donors (Lipinski definition) is 2. The van der Waals surface area contributed by atoms with Crippen molar-refractivity contribution in [3.63, 3.8) is 0 Å². The second-order valence-corrected chi connectivity index (χ2v) is 4.86. The van der Waals surface area contributed by atoms with Crippen LogP contribution in [0.1, 0.15) is 0 Å². The fraction of sp³-hybridized carbons (Fsp3) is 0.778. The summed E-state index contributed by atoms with van der Waals surface area (Å²) < 4.78 is 0.595. The SMILES string of the molecule is C[N+](C)(C)CC1[C@H](C(=O)O)[C@H]1C(=O)O. The molecule has 0 aromatic rings. The van der Waals surface area contributed by atoms with Gasteiger partial charge in [0.25, 0.3) is 0 Å². The molecular weight excluding hydrogens is 186 g/mol. The van der Waals surface area contributed by atoms with Crippen LogP contribution in [-0.2, 0) is 9.59 Å². The third-order valence-electron chi connectivity index (χ3n) is 2.50. The third kappa shape index (κ3) is 2.23. The highest BCUT2D eigenvalue weighted by atomic mass is 16.4. The summed E-state index contributed by atoms with van der Waals surface area (Å²) in [5.74, 6) is -3.58. The van der Waals surface area contributed by atoms with Gasteiger partial charge in [-0.25, -0.2) is 0 Å². The molecule has 0 bridgehead atoms. The number of nitrogens with zero attached hydrogens (tertiary/aromatic N) is 1. The molecule has 5 nitrogen and oxygen atoms in total. The summed E-state index contributed by atoms with van der Waals surface area (Å²) in [6, 6.07) is 0. The van der Waals surface area contributed by atoms with Gasteiger partial charge >= 0.3 is 11.9 Å². The molecule has 2 N–H and O–H groups in total. The molecule has 0 unspecified atom stereocenters. The molecule has 0 radical (unpaired) electrons. The molecular formula is C9H16NO4+. The molecule has 0 aromatic heterocycles. The second kappa shape index (κ2) is 3.24. The Labute approximate surface area is 82.5 Å². The Morgan fingerprint density at radius 3 is 1.64 bits per heavy atom. The van der Waals surface area contributed by atoms with Crippen molar-refractivity contribution in [1.82, 2.24) is 0 Å². The second-order valence-electron chi connectivity index (χ2n) is 4.86. The van der Waals surface area contributed by atoms with Gasteiger partial charge in [-0.15, -0.1) is 0 Å². The van der Waals surface area contributed by atoms with Crippen molar-refractivity contribution in [1.29, 1.82) is 0 Å². The average molecular weight is 202 g/mol. The van der Waals surface area contributed by atoms with Gasteiger partial charge in [0, 0.05) is 5.92 Å². The molecule has 0 saturated heterocycles. The monoisotopic (exact) mass is 202 g/mol. The van der Waals surface area contributed by atoms with Crippen LogP contribution in [-0.4, -0.2) is 54.3 Å². The van der Waals surface area contributed by atoms with Crippen molar-refractivity contribution in [2.75, 3.05) is 27.7 Å². The molecule has 1 fully saturated rings. The maximum Gasteiger partial charge on any atom is 0.307 e. The summed E-state index contributed by atoms with van der Waals surface area (Å²) in [5, 5.41) is 17.5. The first-order chi connectivity index (χ1) is 6.24. The molecule has 0 aromatic carbocycles. The summed E-state index contributed by atoms with van der Waals surface area (Å²) in [7, 11) is 5.78. The van der Waals surface area contributed by atoms with Crippen molar-refractivity contribution in [3.8, 4) is 0 Å². The molecule has 1 aliphatic rings. The van der Waals surface area contributed by atoms with Gasteiger partial charge < -0.3 is 14.7 Å². The Bertz CT molecular complexity index is 248. The number of quaternary nitrogens is 1. The number of carboxylic acids is 2. The van der Waals surface area contributed by atoms with Crippen molar-refractivity contribution in [3.05, 3.63) is 0 Å². The molecule has 80 valence electrons. The normalized spacial score (nSPS) is 31.2. The first kappa shape index (κ1) is 11.0. The standard InChI is InChI=1S/C9H15NO4/c1-10(2,3)4-5-6(8(11)12)7(5)9(13)14/h5-7H,4H2,1-3H3,(H-,11,12,13,14)/p+1/t6-,7-/m0/s1. The van der Waals surface area contributed by atoms with Crippen molar-refractivity contribution in [2.24, 2.45) is 17.8 Å². The smallest absolute Gasteiger partial charge is 0.307 e. The van der Waals surface area contributed by atoms with Gasteiger partial charge in [0.2, 0.25) is 0 Å². The Kier molecular flexibility index (Phi) is 2.54. The third-order valence-corrected chi connectivity index (χ3v) is 2.50. The molecule has 14 heavy (non-hydrogen) atoms.